The van der Waals surface area contributed by atoms with Crippen LogP contribution in [0.5, 0.6) is 0 Å². The van der Waals surface area contributed by atoms with Gasteiger partial charge < -0.3 is 4.99 Å². The van der Waals surface area contributed by atoms with Gasteiger partial charge in [-0.1, -0.05) is 67.5 Å². The SMILES string of the molecule is CC(=Nc1c(C)cccc1Cl)c1cccnc1.C[C-]=Nc1c(C)cccc1C.[Fe]. The maximum atomic E-state index is 6.14. The first-order valence-electron chi connectivity index (χ1n) is 9.08. The number of aromatic nitrogens is 1. The van der Waals surface area contributed by atoms with Gasteiger partial charge in [0.25, 0.3) is 0 Å². The van der Waals surface area contributed by atoms with E-state index in [9.17, 15) is 0 Å². The molecule has 0 saturated heterocycles. The summed E-state index contributed by atoms with van der Waals surface area (Å²) >= 11 is 6.14. The zero-order valence-corrected chi connectivity index (χ0v) is 19.2. The van der Waals surface area contributed by atoms with E-state index in [4.69, 9.17) is 11.6 Å². The Morgan fingerprint density at radius 3 is 2.00 bits per heavy atom. The minimum atomic E-state index is 0. The molecule has 0 bridgehead atoms. The maximum absolute atomic E-state index is 6.14. The van der Waals surface area contributed by atoms with Crippen LogP contribution in [-0.2, 0) is 17.1 Å². The van der Waals surface area contributed by atoms with E-state index >= 15 is 0 Å². The van der Waals surface area contributed by atoms with Crippen LogP contribution in [0.4, 0.5) is 11.4 Å². The van der Waals surface area contributed by atoms with Gasteiger partial charge in [-0.2, -0.15) is 6.21 Å². The van der Waals surface area contributed by atoms with Crippen molar-refractivity contribution >= 4 is 34.9 Å². The third-order valence-electron chi connectivity index (χ3n) is 4.21. The molecule has 2 aromatic carbocycles. The number of aliphatic imine (C=N–C) groups is 2. The monoisotopic (exact) mass is 446 g/mol. The fourth-order valence-electron chi connectivity index (χ4n) is 2.67. The smallest absolute Gasteiger partial charge is 0.0848 e. The Balaban J connectivity index is 0.000000306. The number of halogens is 1. The summed E-state index contributed by atoms with van der Waals surface area (Å²) in [5.41, 5.74) is 7.28. The first-order valence-corrected chi connectivity index (χ1v) is 9.46. The molecule has 0 spiro atoms. The number of para-hydroxylation sites is 2. The van der Waals surface area contributed by atoms with E-state index in [-0.39, 0.29) is 17.1 Å². The normalized spacial score (nSPS) is 10.9. The molecule has 0 atom stereocenters. The van der Waals surface area contributed by atoms with Gasteiger partial charge >= 0.3 is 0 Å². The predicted octanol–water partition coefficient (Wildman–Crippen LogP) is 7.08. The van der Waals surface area contributed by atoms with Crippen molar-refractivity contribution in [3.63, 3.8) is 0 Å². The number of nitrogens with zero attached hydrogens (tertiary/aromatic N) is 3. The Morgan fingerprint density at radius 1 is 0.897 bits per heavy atom. The van der Waals surface area contributed by atoms with Crippen LogP contribution in [-0.4, -0.2) is 16.9 Å². The van der Waals surface area contributed by atoms with Crippen LogP contribution in [0.2, 0.25) is 5.02 Å². The molecule has 0 radical (unpaired) electrons. The number of hydrogen-bond acceptors (Lipinski definition) is 3. The van der Waals surface area contributed by atoms with Crippen LogP contribution in [0.15, 0.2) is 70.9 Å². The molecule has 0 N–H and O–H groups in total. The Morgan fingerprint density at radius 2 is 1.48 bits per heavy atom. The summed E-state index contributed by atoms with van der Waals surface area (Å²) in [5.74, 6) is 0. The molecule has 0 aliphatic heterocycles. The number of rotatable bonds is 3. The minimum Gasteiger partial charge on any atom is -0.456 e. The predicted molar refractivity (Wildman–Crippen MR) is 121 cm³/mol. The molecule has 0 saturated carbocycles. The van der Waals surface area contributed by atoms with Gasteiger partial charge in [0.15, 0.2) is 0 Å². The Labute approximate surface area is 189 Å². The molecule has 0 unspecified atom stereocenters. The molecule has 1 heterocycles. The fourth-order valence-corrected chi connectivity index (χ4v) is 2.93. The molecule has 3 nitrogen and oxygen atoms in total. The summed E-state index contributed by atoms with van der Waals surface area (Å²) in [6, 6.07) is 15.8. The van der Waals surface area contributed by atoms with Crippen LogP contribution in [0.3, 0.4) is 0 Å². The molecular formula is C24H25ClFeN3-. The minimum absolute atomic E-state index is 0. The van der Waals surface area contributed by atoms with Crippen LogP contribution in [0.1, 0.15) is 36.1 Å². The topological polar surface area (TPSA) is 37.6 Å². The Kier molecular flexibility index (Phi) is 10.5. The summed E-state index contributed by atoms with van der Waals surface area (Å²) in [6.07, 6.45) is 6.33. The number of hydrogen-bond donors (Lipinski definition) is 0. The van der Waals surface area contributed by atoms with Crippen LogP contribution in [0, 0.1) is 20.8 Å². The first kappa shape index (κ1) is 24.8. The van der Waals surface area contributed by atoms with Crippen molar-refractivity contribution in [1.82, 2.24) is 4.98 Å². The summed E-state index contributed by atoms with van der Waals surface area (Å²) in [7, 11) is 0. The second kappa shape index (κ2) is 12.3. The third-order valence-corrected chi connectivity index (χ3v) is 4.52. The Hall–Kier alpha value is -2.26. The van der Waals surface area contributed by atoms with Gasteiger partial charge in [-0.3, -0.25) is 9.98 Å². The molecule has 3 aromatic rings. The third kappa shape index (κ3) is 7.25. The molecule has 0 aliphatic carbocycles. The zero-order valence-electron chi connectivity index (χ0n) is 17.3. The molecule has 3 rings (SSSR count). The molecular weight excluding hydrogens is 422 g/mol. The second-order valence-corrected chi connectivity index (χ2v) is 6.83. The van der Waals surface area contributed by atoms with E-state index < -0.39 is 0 Å². The zero-order chi connectivity index (χ0) is 20.5. The van der Waals surface area contributed by atoms with Crippen molar-refractivity contribution in [2.45, 2.75) is 34.6 Å². The number of benzene rings is 2. The van der Waals surface area contributed by atoms with E-state index in [1.54, 1.807) is 12.4 Å². The summed E-state index contributed by atoms with van der Waals surface area (Å²) in [5, 5.41) is 0.674. The second-order valence-electron chi connectivity index (χ2n) is 6.42. The van der Waals surface area contributed by atoms with Gasteiger partial charge in [0.1, 0.15) is 0 Å². The standard InChI is InChI=1S/C14H13ClN2.C10H12N.Fe/c1-10-5-3-7-13(15)14(10)17-11(2)12-6-4-8-16-9-12;1-4-11-10-8(2)6-5-7-9(10)3;/h3-9H,1-2H3;5-7H,1-3H3;/q;-1;. The molecule has 0 amide bonds. The van der Waals surface area contributed by atoms with Crippen molar-refractivity contribution in [3.8, 4) is 0 Å². The van der Waals surface area contributed by atoms with Gasteiger partial charge in [0, 0.05) is 40.7 Å². The number of aryl methyl sites for hydroxylation is 3. The summed E-state index contributed by atoms with van der Waals surface area (Å²) < 4.78 is 0. The molecule has 152 valence electrons. The van der Waals surface area contributed by atoms with Crippen LogP contribution < -0.4 is 0 Å². The van der Waals surface area contributed by atoms with E-state index in [0.29, 0.717) is 5.02 Å². The van der Waals surface area contributed by atoms with Crippen LogP contribution in [0.25, 0.3) is 0 Å². The molecule has 29 heavy (non-hydrogen) atoms. The molecule has 5 heteroatoms. The van der Waals surface area contributed by atoms with Crippen LogP contribution >= 0.6 is 11.6 Å². The Bertz CT molecular complexity index is 942. The van der Waals surface area contributed by atoms with Crippen molar-refractivity contribution in [1.29, 1.82) is 0 Å². The van der Waals surface area contributed by atoms with Crippen molar-refractivity contribution in [3.05, 3.63) is 88.2 Å². The van der Waals surface area contributed by atoms with Crippen molar-refractivity contribution < 1.29 is 17.1 Å². The average molecular weight is 447 g/mol. The van der Waals surface area contributed by atoms with Crippen molar-refractivity contribution in [2.75, 3.05) is 0 Å². The van der Waals surface area contributed by atoms with Gasteiger partial charge in [0.05, 0.1) is 10.7 Å². The quantitative estimate of drug-likeness (QED) is 0.240. The summed E-state index contributed by atoms with van der Waals surface area (Å²) in [6.45, 7) is 9.89. The van der Waals surface area contributed by atoms with Gasteiger partial charge in [-0.15, -0.1) is 18.1 Å². The van der Waals surface area contributed by atoms with Gasteiger partial charge in [-0.05, 0) is 31.5 Å². The van der Waals surface area contributed by atoms with Gasteiger partial charge in [-0.25, -0.2) is 0 Å². The van der Waals surface area contributed by atoms with Crippen molar-refractivity contribution in [2.24, 2.45) is 9.98 Å². The largest absolute Gasteiger partial charge is 0.456 e. The first-order chi connectivity index (χ1) is 13.4. The molecule has 0 aliphatic rings. The summed E-state index contributed by atoms with van der Waals surface area (Å²) in [4.78, 5) is 12.8. The van der Waals surface area contributed by atoms with E-state index in [0.717, 1.165) is 28.2 Å². The van der Waals surface area contributed by atoms with E-state index in [1.165, 1.54) is 11.1 Å². The fraction of sp³-hybridized carbons (Fsp3) is 0.208. The van der Waals surface area contributed by atoms with Gasteiger partial charge in [0.2, 0.25) is 0 Å². The molecule has 0 fully saturated rings. The van der Waals surface area contributed by atoms with E-state index in [1.807, 2.05) is 57.2 Å². The van der Waals surface area contributed by atoms with E-state index in [2.05, 4.69) is 47.2 Å². The maximum Gasteiger partial charge on any atom is 0.0848 e. The molecule has 1 aromatic heterocycles. The number of pyridine rings is 1. The average Bonchev–Trinajstić information content (AvgIpc) is 2.69.